The van der Waals surface area contributed by atoms with E-state index in [-0.39, 0.29) is 29.6 Å². The average molecular weight is 378 g/mol. The minimum Gasteiger partial charge on any atom is -0.870 e. The third-order valence-corrected chi connectivity index (χ3v) is 3.56. The molecule has 9 N–H and O–H groups in total. The van der Waals surface area contributed by atoms with E-state index in [1.54, 1.807) is 0 Å². The first-order valence-corrected chi connectivity index (χ1v) is 6.73. The van der Waals surface area contributed by atoms with Crippen LogP contribution in [-0.4, -0.2) is 107 Å². The van der Waals surface area contributed by atoms with Crippen LogP contribution < -0.4 is 34.7 Å². The Hall–Kier alpha value is -0.510. The topological polar surface area (TPSA) is 231 Å². The van der Waals surface area contributed by atoms with Gasteiger partial charge in [-0.2, -0.15) is 0 Å². The number of carbonyl (C=O) groups excluding carboxylic acids is 1. The van der Waals surface area contributed by atoms with Crippen molar-refractivity contribution in [2.45, 2.75) is 48.8 Å². The number of aliphatic hydroxyl groups excluding tert-OH is 9. The predicted octanol–water partition coefficient (Wildman–Crippen LogP) is -9.44. The van der Waals surface area contributed by atoms with Crippen molar-refractivity contribution < 1.29 is 90.2 Å². The molecular formula is C12H19NaO12. The number of carbonyl (C=O) groups is 1. The summed E-state index contributed by atoms with van der Waals surface area (Å²) in [6.07, 6.45) is -12.8. The summed E-state index contributed by atoms with van der Waals surface area (Å²) in [4.78, 5) is 10.5. The number of esters is 1. The molecule has 0 bridgehead atoms. The number of ether oxygens (including phenoxy) is 1. The number of hydrogen-bond donors (Lipinski definition) is 9. The van der Waals surface area contributed by atoms with Crippen LogP contribution in [0.25, 0.3) is 0 Å². The van der Waals surface area contributed by atoms with E-state index >= 15 is 0 Å². The quantitative estimate of drug-likeness (QED) is 0.161. The van der Waals surface area contributed by atoms with Gasteiger partial charge in [-0.3, -0.25) is 0 Å². The van der Waals surface area contributed by atoms with Gasteiger partial charge in [-0.05, 0) is 5.76 Å². The van der Waals surface area contributed by atoms with Crippen LogP contribution in [0, 0.1) is 0 Å². The van der Waals surface area contributed by atoms with Gasteiger partial charge in [-0.25, -0.2) is 4.79 Å². The van der Waals surface area contributed by atoms with Crippen LogP contribution in [0.5, 0.6) is 0 Å². The number of aliphatic hydroxyl groups is 9. The van der Waals surface area contributed by atoms with E-state index < -0.39 is 72.9 Å². The van der Waals surface area contributed by atoms with E-state index in [0.29, 0.717) is 0 Å². The molecule has 0 spiro atoms. The summed E-state index contributed by atoms with van der Waals surface area (Å²) in [6.45, 7) is -0.711. The Morgan fingerprint density at radius 2 is 1.24 bits per heavy atom. The molecule has 0 saturated heterocycles. The van der Waals surface area contributed by atoms with Crippen LogP contribution in [0.1, 0.15) is 0 Å². The molecule has 2 aliphatic rings. The number of cyclic esters (lactones) is 1. The summed E-state index contributed by atoms with van der Waals surface area (Å²) >= 11 is 0. The van der Waals surface area contributed by atoms with E-state index in [9.17, 15) is 9.90 Å². The summed E-state index contributed by atoms with van der Waals surface area (Å²) in [5.74, 6) is -3.20. The van der Waals surface area contributed by atoms with Gasteiger partial charge in [0.25, 0.3) is 0 Å². The summed E-state index contributed by atoms with van der Waals surface area (Å²) in [7, 11) is 0. The Kier molecular flexibility index (Phi) is 9.78. The molecule has 1 heterocycles. The molecule has 13 heteroatoms. The summed E-state index contributed by atoms with van der Waals surface area (Å²) in [6, 6.07) is 0. The van der Waals surface area contributed by atoms with E-state index in [2.05, 4.69) is 4.74 Å². The standard InChI is InChI=1S/C6H8O6.C6H12O6.Na/c7-1-2(8)5-3(9)4(10)6(11)12-5;7-1-2(8)4(10)6(12)5(11)3(1)9;/h2,5,7-10H,1H2;1-12H;/q;;+1/p-1/t2-,5+;;/m0../s1. The SMILES string of the molecule is O=C1O[C@H]([C@@H](O)CO)C([O-])=C1O.OC1C(O)C(O)C(O)C(O)C1O.[Na+]. The minimum absolute atomic E-state index is 0. The fraction of sp³-hybridized carbons (Fsp3) is 0.750. The molecule has 140 valence electrons. The fourth-order valence-corrected chi connectivity index (χ4v) is 2.02. The molecule has 25 heavy (non-hydrogen) atoms. The zero-order valence-electron chi connectivity index (χ0n) is 13.1. The third kappa shape index (κ3) is 5.24. The van der Waals surface area contributed by atoms with Gasteiger partial charge in [0.1, 0.15) is 48.8 Å². The number of rotatable bonds is 2. The zero-order chi connectivity index (χ0) is 18.8. The molecule has 1 saturated carbocycles. The van der Waals surface area contributed by atoms with Crippen LogP contribution in [0.3, 0.4) is 0 Å². The Labute approximate surface area is 163 Å². The smallest absolute Gasteiger partial charge is 0.870 e. The summed E-state index contributed by atoms with van der Waals surface area (Å²) in [5, 5.41) is 90.6. The maximum absolute atomic E-state index is 10.8. The van der Waals surface area contributed by atoms with Crippen molar-refractivity contribution in [3.8, 4) is 0 Å². The van der Waals surface area contributed by atoms with Crippen molar-refractivity contribution in [1.82, 2.24) is 0 Å². The van der Waals surface area contributed by atoms with Gasteiger partial charge in [0.05, 0.1) is 6.61 Å². The zero-order valence-corrected chi connectivity index (χ0v) is 15.1. The molecule has 1 fully saturated rings. The van der Waals surface area contributed by atoms with Gasteiger partial charge in [-0.15, -0.1) is 0 Å². The molecule has 2 rings (SSSR count). The van der Waals surface area contributed by atoms with E-state index in [0.717, 1.165) is 0 Å². The summed E-state index contributed by atoms with van der Waals surface area (Å²) < 4.78 is 4.25. The fourth-order valence-electron chi connectivity index (χ4n) is 2.02. The van der Waals surface area contributed by atoms with Gasteiger partial charge < -0.3 is 55.8 Å². The van der Waals surface area contributed by atoms with Crippen molar-refractivity contribution in [3.63, 3.8) is 0 Å². The first-order chi connectivity index (χ1) is 11.0. The maximum atomic E-state index is 10.8. The molecule has 0 aromatic carbocycles. The Bertz CT molecular complexity index is 426. The first-order valence-electron chi connectivity index (χ1n) is 6.73. The van der Waals surface area contributed by atoms with Crippen molar-refractivity contribution in [2.75, 3.05) is 6.61 Å². The second-order valence-corrected chi connectivity index (χ2v) is 5.23. The molecule has 0 aromatic heterocycles. The Morgan fingerprint density at radius 3 is 1.44 bits per heavy atom. The van der Waals surface area contributed by atoms with E-state index in [1.165, 1.54) is 0 Å². The van der Waals surface area contributed by atoms with Gasteiger partial charge in [-0.1, -0.05) is 0 Å². The van der Waals surface area contributed by atoms with Crippen LogP contribution in [0.2, 0.25) is 0 Å². The molecule has 0 unspecified atom stereocenters. The Morgan fingerprint density at radius 1 is 0.920 bits per heavy atom. The van der Waals surface area contributed by atoms with Crippen molar-refractivity contribution >= 4 is 5.97 Å². The van der Waals surface area contributed by atoms with Crippen molar-refractivity contribution in [1.29, 1.82) is 0 Å². The second kappa shape index (κ2) is 9.99. The maximum Gasteiger partial charge on any atom is 1.00 e. The molecule has 2 atom stereocenters. The van der Waals surface area contributed by atoms with Gasteiger partial charge in [0, 0.05) is 0 Å². The van der Waals surface area contributed by atoms with E-state index in [1.807, 2.05) is 0 Å². The molecule has 0 amide bonds. The molecular weight excluding hydrogens is 359 g/mol. The van der Waals surface area contributed by atoms with Gasteiger partial charge in [0.15, 0.2) is 5.76 Å². The van der Waals surface area contributed by atoms with Crippen molar-refractivity contribution in [2.24, 2.45) is 0 Å². The van der Waals surface area contributed by atoms with Gasteiger partial charge >= 0.3 is 35.5 Å². The minimum atomic E-state index is -1.64. The molecule has 12 nitrogen and oxygen atoms in total. The normalized spacial score (nSPS) is 39.0. The van der Waals surface area contributed by atoms with Crippen LogP contribution >= 0.6 is 0 Å². The average Bonchev–Trinajstić information content (AvgIpc) is 2.83. The van der Waals surface area contributed by atoms with Crippen LogP contribution in [0.15, 0.2) is 11.5 Å². The molecule has 1 aliphatic carbocycles. The molecule has 0 aromatic rings. The monoisotopic (exact) mass is 378 g/mol. The van der Waals surface area contributed by atoms with Crippen molar-refractivity contribution in [3.05, 3.63) is 11.5 Å². The first kappa shape index (κ1) is 24.5. The largest absolute Gasteiger partial charge is 1.00 e. The summed E-state index contributed by atoms with van der Waals surface area (Å²) in [5.41, 5.74) is 0. The van der Waals surface area contributed by atoms with E-state index in [4.69, 9.17) is 46.0 Å². The second-order valence-electron chi connectivity index (χ2n) is 5.23. The molecule has 0 radical (unpaired) electrons. The number of hydrogen-bond acceptors (Lipinski definition) is 12. The van der Waals surface area contributed by atoms with Gasteiger partial charge in [0.2, 0.25) is 0 Å². The predicted molar refractivity (Wildman–Crippen MR) is 68.7 cm³/mol. The van der Waals surface area contributed by atoms with Crippen LogP contribution in [0.4, 0.5) is 0 Å². The third-order valence-electron chi connectivity index (χ3n) is 3.56. The van der Waals surface area contributed by atoms with Crippen LogP contribution in [-0.2, 0) is 9.53 Å². The molecule has 1 aliphatic heterocycles. The Balaban J connectivity index is 0.000000443.